The minimum atomic E-state index is 0.494. The molecule has 2 atom stereocenters. The van der Waals surface area contributed by atoms with E-state index in [9.17, 15) is 0 Å². The van der Waals surface area contributed by atoms with Gasteiger partial charge in [0, 0.05) is 30.7 Å². The first kappa shape index (κ1) is 15.8. The van der Waals surface area contributed by atoms with E-state index in [4.69, 9.17) is 0 Å². The third-order valence-corrected chi connectivity index (χ3v) is 6.76. The van der Waals surface area contributed by atoms with Crippen molar-refractivity contribution in [1.82, 2.24) is 10.2 Å². The van der Waals surface area contributed by atoms with Gasteiger partial charge in [-0.3, -0.25) is 4.90 Å². The van der Waals surface area contributed by atoms with Crippen LogP contribution >= 0.6 is 0 Å². The summed E-state index contributed by atoms with van der Waals surface area (Å²) in [6.45, 7) is 7.50. The van der Waals surface area contributed by atoms with Gasteiger partial charge in [0.2, 0.25) is 0 Å². The smallest absolute Gasteiger partial charge is 0.0224 e. The van der Waals surface area contributed by atoms with Crippen molar-refractivity contribution in [1.29, 1.82) is 0 Å². The molecule has 0 aromatic rings. The molecule has 3 fully saturated rings. The molecule has 0 amide bonds. The summed E-state index contributed by atoms with van der Waals surface area (Å²) in [5.74, 6) is 0.950. The summed E-state index contributed by atoms with van der Waals surface area (Å²) in [6.07, 6.45) is 15.9. The van der Waals surface area contributed by atoms with Gasteiger partial charge in [-0.25, -0.2) is 0 Å². The molecule has 2 aliphatic carbocycles. The Bertz CT molecular complexity index is 316. The number of rotatable bonds is 3. The molecule has 2 unspecified atom stereocenters. The minimum Gasteiger partial charge on any atom is -0.311 e. The standard InChI is InChI=1S/C19H36N2/c1-3-17-14-20-18(16-10-6-4-7-11-16)15-21(17)19(2)12-8-5-9-13-19/h16-18,20H,3-15H2,1-2H3. The maximum Gasteiger partial charge on any atom is 0.0224 e. The van der Waals surface area contributed by atoms with Gasteiger partial charge in [0.05, 0.1) is 0 Å². The van der Waals surface area contributed by atoms with Crippen LogP contribution in [-0.4, -0.2) is 35.6 Å². The van der Waals surface area contributed by atoms with Gasteiger partial charge in [0.1, 0.15) is 0 Å². The molecular formula is C19H36N2. The Labute approximate surface area is 132 Å². The second kappa shape index (κ2) is 7.00. The van der Waals surface area contributed by atoms with Crippen LogP contribution in [-0.2, 0) is 0 Å². The fourth-order valence-corrected chi connectivity index (χ4v) is 5.30. The van der Waals surface area contributed by atoms with Crippen molar-refractivity contribution in [2.75, 3.05) is 13.1 Å². The maximum atomic E-state index is 3.93. The topological polar surface area (TPSA) is 15.3 Å². The summed E-state index contributed by atoms with van der Waals surface area (Å²) in [7, 11) is 0. The molecule has 0 bridgehead atoms. The maximum absolute atomic E-state index is 3.93. The third kappa shape index (κ3) is 3.47. The van der Waals surface area contributed by atoms with E-state index in [0.29, 0.717) is 5.54 Å². The minimum absolute atomic E-state index is 0.494. The van der Waals surface area contributed by atoms with Crippen LogP contribution < -0.4 is 5.32 Å². The van der Waals surface area contributed by atoms with Crippen LogP contribution in [0.3, 0.4) is 0 Å². The summed E-state index contributed by atoms with van der Waals surface area (Å²) < 4.78 is 0. The Balaban J connectivity index is 1.69. The van der Waals surface area contributed by atoms with Crippen molar-refractivity contribution in [2.24, 2.45) is 5.92 Å². The van der Waals surface area contributed by atoms with Gasteiger partial charge in [-0.15, -0.1) is 0 Å². The van der Waals surface area contributed by atoms with Crippen molar-refractivity contribution in [3.8, 4) is 0 Å². The lowest BCUT2D eigenvalue weighted by molar-refractivity contribution is -0.0158. The molecule has 3 aliphatic rings. The van der Waals surface area contributed by atoms with Crippen LogP contribution in [0.1, 0.15) is 84.5 Å². The number of hydrogen-bond donors (Lipinski definition) is 1. The third-order valence-electron chi connectivity index (χ3n) is 6.76. The summed E-state index contributed by atoms with van der Waals surface area (Å²) >= 11 is 0. The summed E-state index contributed by atoms with van der Waals surface area (Å²) in [5, 5.41) is 3.93. The SMILES string of the molecule is CCC1CNC(C2CCCCC2)CN1C1(C)CCCCC1. The number of piperazine rings is 1. The molecule has 3 rings (SSSR count). The average molecular weight is 293 g/mol. The molecule has 0 spiro atoms. The van der Waals surface area contributed by atoms with Crippen molar-refractivity contribution in [3.05, 3.63) is 0 Å². The van der Waals surface area contributed by atoms with Gasteiger partial charge < -0.3 is 5.32 Å². The van der Waals surface area contributed by atoms with Crippen molar-refractivity contribution < 1.29 is 0 Å². The van der Waals surface area contributed by atoms with Crippen LogP contribution in [0.2, 0.25) is 0 Å². The van der Waals surface area contributed by atoms with E-state index in [1.54, 1.807) is 0 Å². The first-order valence-corrected chi connectivity index (χ1v) is 9.73. The van der Waals surface area contributed by atoms with Crippen LogP contribution in [0, 0.1) is 5.92 Å². The van der Waals surface area contributed by atoms with Gasteiger partial charge >= 0.3 is 0 Å². The zero-order valence-electron chi connectivity index (χ0n) is 14.4. The van der Waals surface area contributed by atoms with E-state index in [1.165, 1.54) is 83.7 Å². The van der Waals surface area contributed by atoms with E-state index >= 15 is 0 Å². The first-order chi connectivity index (χ1) is 10.2. The molecule has 1 N–H and O–H groups in total. The highest BCUT2D eigenvalue weighted by atomic mass is 15.3. The predicted octanol–water partition coefficient (Wildman–Crippen LogP) is 4.34. The van der Waals surface area contributed by atoms with Crippen LogP contribution in [0.4, 0.5) is 0 Å². The van der Waals surface area contributed by atoms with Crippen LogP contribution in [0.25, 0.3) is 0 Å². The van der Waals surface area contributed by atoms with Crippen molar-refractivity contribution in [2.45, 2.75) is 102 Å². The predicted molar refractivity (Wildman–Crippen MR) is 90.6 cm³/mol. The van der Waals surface area contributed by atoms with Crippen molar-refractivity contribution in [3.63, 3.8) is 0 Å². The fourth-order valence-electron chi connectivity index (χ4n) is 5.30. The van der Waals surface area contributed by atoms with Crippen molar-refractivity contribution >= 4 is 0 Å². The second-order valence-electron chi connectivity index (χ2n) is 8.18. The Morgan fingerprint density at radius 2 is 1.67 bits per heavy atom. The quantitative estimate of drug-likeness (QED) is 0.832. The van der Waals surface area contributed by atoms with Gasteiger partial charge in [0.25, 0.3) is 0 Å². The molecule has 1 saturated heterocycles. The number of nitrogens with one attached hydrogen (secondary N) is 1. The molecule has 0 aromatic carbocycles. The zero-order chi connectivity index (χ0) is 14.7. The zero-order valence-corrected chi connectivity index (χ0v) is 14.4. The molecule has 2 heteroatoms. The average Bonchev–Trinajstić information content (AvgIpc) is 2.56. The lowest BCUT2D eigenvalue weighted by Gasteiger charge is -2.53. The Hall–Kier alpha value is -0.0800. The molecule has 122 valence electrons. The molecule has 1 aliphatic heterocycles. The Kier molecular flexibility index (Phi) is 5.27. The Morgan fingerprint density at radius 3 is 2.33 bits per heavy atom. The van der Waals surface area contributed by atoms with E-state index in [-0.39, 0.29) is 0 Å². The second-order valence-corrected chi connectivity index (χ2v) is 8.18. The molecule has 1 heterocycles. The summed E-state index contributed by atoms with van der Waals surface area (Å²) in [6, 6.07) is 1.54. The van der Waals surface area contributed by atoms with Gasteiger partial charge in [-0.1, -0.05) is 45.4 Å². The van der Waals surface area contributed by atoms with E-state index in [0.717, 1.165) is 18.0 Å². The van der Waals surface area contributed by atoms with Crippen LogP contribution in [0.15, 0.2) is 0 Å². The number of hydrogen-bond acceptors (Lipinski definition) is 2. The highest BCUT2D eigenvalue weighted by molar-refractivity contribution is 4.99. The normalized spacial score (nSPS) is 35.7. The van der Waals surface area contributed by atoms with Gasteiger partial charge in [0.15, 0.2) is 0 Å². The van der Waals surface area contributed by atoms with Crippen LogP contribution in [0.5, 0.6) is 0 Å². The fraction of sp³-hybridized carbons (Fsp3) is 1.00. The van der Waals surface area contributed by atoms with E-state index in [1.807, 2.05) is 0 Å². The molecule has 0 aromatic heterocycles. The summed E-state index contributed by atoms with van der Waals surface area (Å²) in [4.78, 5) is 2.95. The highest BCUT2D eigenvalue weighted by Crippen LogP contribution is 2.38. The van der Waals surface area contributed by atoms with E-state index < -0.39 is 0 Å². The highest BCUT2D eigenvalue weighted by Gasteiger charge is 2.41. The molecule has 2 nitrogen and oxygen atoms in total. The first-order valence-electron chi connectivity index (χ1n) is 9.73. The molecular weight excluding hydrogens is 256 g/mol. The molecule has 21 heavy (non-hydrogen) atoms. The molecule has 2 saturated carbocycles. The summed E-state index contributed by atoms with van der Waals surface area (Å²) in [5.41, 5.74) is 0.494. The lowest BCUT2D eigenvalue weighted by Crippen LogP contribution is -2.65. The van der Waals surface area contributed by atoms with Gasteiger partial charge in [-0.05, 0) is 44.9 Å². The van der Waals surface area contributed by atoms with E-state index in [2.05, 4.69) is 24.1 Å². The Morgan fingerprint density at radius 1 is 1.00 bits per heavy atom. The molecule has 0 radical (unpaired) electrons. The largest absolute Gasteiger partial charge is 0.311 e. The lowest BCUT2D eigenvalue weighted by atomic mass is 9.77. The number of nitrogens with zero attached hydrogens (tertiary/aromatic N) is 1. The monoisotopic (exact) mass is 292 g/mol. The van der Waals surface area contributed by atoms with Gasteiger partial charge in [-0.2, -0.15) is 0 Å².